The van der Waals surface area contributed by atoms with E-state index in [9.17, 15) is 9.59 Å². The molecular weight excluding hydrogens is 386 g/mol. The topological polar surface area (TPSA) is 81.8 Å². The molecular formula is C21H25N5O2S. The molecule has 152 valence electrons. The number of fused-ring (bicyclic) bond motifs is 1. The zero-order valence-electron chi connectivity index (χ0n) is 16.7. The summed E-state index contributed by atoms with van der Waals surface area (Å²) < 4.78 is 3.50. The summed E-state index contributed by atoms with van der Waals surface area (Å²) in [6, 6.07) is 9.26. The second-order valence-corrected chi connectivity index (χ2v) is 7.70. The summed E-state index contributed by atoms with van der Waals surface area (Å²) in [7, 11) is 0. The highest BCUT2D eigenvalue weighted by Crippen LogP contribution is 2.17. The highest BCUT2D eigenvalue weighted by atomic mass is 32.2. The third-order valence-electron chi connectivity index (χ3n) is 4.44. The van der Waals surface area contributed by atoms with Crippen LogP contribution in [-0.2, 0) is 17.9 Å². The molecule has 0 radical (unpaired) electrons. The number of aromatic nitrogens is 4. The molecule has 0 spiro atoms. The van der Waals surface area contributed by atoms with Crippen LogP contribution in [0.4, 0.5) is 0 Å². The molecule has 0 saturated carbocycles. The second kappa shape index (κ2) is 9.56. The Labute approximate surface area is 173 Å². The van der Waals surface area contributed by atoms with Gasteiger partial charge in [-0.1, -0.05) is 30.0 Å². The van der Waals surface area contributed by atoms with E-state index < -0.39 is 0 Å². The second-order valence-electron chi connectivity index (χ2n) is 6.76. The van der Waals surface area contributed by atoms with Crippen molar-refractivity contribution in [2.75, 3.05) is 12.3 Å². The van der Waals surface area contributed by atoms with E-state index in [0.717, 1.165) is 24.4 Å². The van der Waals surface area contributed by atoms with E-state index in [-0.39, 0.29) is 17.2 Å². The first-order chi connectivity index (χ1) is 14.0. The maximum atomic E-state index is 12.7. The van der Waals surface area contributed by atoms with Crippen molar-refractivity contribution in [3.63, 3.8) is 0 Å². The van der Waals surface area contributed by atoms with E-state index in [0.29, 0.717) is 29.1 Å². The molecule has 7 nitrogen and oxygen atoms in total. The van der Waals surface area contributed by atoms with Gasteiger partial charge in [-0.05, 0) is 38.5 Å². The molecule has 0 aliphatic heterocycles. The predicted molar refractivity (Wildman–Crippen MR) is 116 cm³/mol. The molecule has 0 aliphatic rings. The van der Waals surface area contributed by atoms with Gasteiger partial charge in [0, 0.05) is 25.3 Å². The van der Waals surface area contributed by atoms with Crippen LogP contribution < -0.4 is 10.9 Å². The van der Waals surface area contributed by atoms with Gasteiger partial charge in [0.2, 0.25) is 5.91 Å². The number of hydrogen-bond acceptors (Lipinski definition) is 5. The van der Waals surface area contributed by atoms with Gasteiger partial charge in [0.15, 0.2) is 5.16 Å². The molecule has 0 unspecified atom stereocenters. The van der Waals surface area contributed by atoms with Gasteiger partial charge in [0.05, 0.1) is 22.3 Å². The van der Waals surface area contributed by atoms with Crippen molar-refractivity contribution in [1.29, 1.82) is 0 Å². The SMILES string of the molecule is C=CCn1c(SCC(=O)NCCCn2nc(C)cc2C)nc2ccccc2c1=O. The highest BCUT2D eigenvalue weighted by molar-refractivity contribution is 7.99. The predicted octanol–water partition coefficient (Wildman–Crippen LogP) is 2.69. The molecule has 8 heteroatoms. The summed E-state index contributed by atoms with van der Waals surface area (Å²) in [5, 5.41) is 8.41. The molecule has 1 amide bonds. The Morgan fingerprint density at radius 1 is 1.31 bits per heavy atom. The Morgan fingerprint density at radius 3 is 2.83 bits per heavy atom. The number of allylic oxidation sites excluding steroid dienone is 1. The minimum Gasteiger partial charge on any atom is -0.355 e. The molecule has 2 aromatic heterocycles. The molecule has 3 rings (SSSR count). The third-order valence-corrected chi connectivity index (χ3v) is 5.42. The van der Waals surface area contributed by atoms with Crippen molar-refractivity contribution < 1.29 is 4.79 Å². The van der Waals surface area contributed by atoms with Crippen LogP contribution in [0.2, 0.25) is 0 Å². The molecule has 0 fully saturated rings. The van der Waals surface area contributed by atoms with Crippen molar-refractivity contribution in [1.82, 2.24) is 24.6 Å². The summed E-state index contributed by atoms with van der Waals surface area (Å²) in [6.45, 7) is 9.39. The van der Waals surface area contributed by atoms with Gasteiger partial charge in [-0.15, -0.1) is 6.58 Å². The lowest BCUT2D eigenvalue weighted by atomic mass is 10.2. The average molecular weight is 412 g/mol. The van der Waals surface area contributed by atoms with Crippen LogP contribution in [0.5, 0.6) is 0 Å². The Bertz CT molecular complexity index is 1090. The van der Waals surface area contributed by atoms with Crippen molar-refractivity contribution >= 4 is 28.6 Å². The first kappa shape index (κ1) is 20.9. The molecule has 0 atom stereocenters. The van der Waals surface area contributed by atoms with Gasteiger partial charge >= 0.3 is 0 Å². The first-order valence-electron chi connectivity index (χ1n) is 9.50. The lowest BCUT2D eigenvalue weighted by molar-refractivity contribution is -0.118. The van der Waals surface area contributed by atoms with E-state index in [1.54, 1.807) is 22.8 Å². The van der Waals surface area contributed by atoms with E-state index in [1.807, 2.05) is 36.7 Å². The summed E-state index contributed by atoms with van der Waals surface area (Å²) in [5.74, 6) is 0.109. The van der Waals surface area contributed by atoms with Crippen LogP contribution in [-0.4, -0.2) is 37.5 Å². The van der Waals surface area contributed by atoms with Crippen LogP contribution in [0, 0.1) is 13.8 Å². The fraction of sp³-hybridized carbons (Fsp3) is 0.333. The van der Waals surface area contributed by atoms with Crippen LogP contribution in [0.1, 0.15) is 17.8 Å². The normalized spacial score (nSPS) is 11.0. The molecule has 2 heterocycles. The molecule has 3 aromatic rings. The van der Waals surface area contributed by atoms with Gasteiger partial charge in [0.25, 0.3) is 5.56 Å². The maximum Gasteiger partial charge on any atom is 0.262 e. The third kappa shape index (κ3) is 5.14. The van der Waals surface area contributed by atoms with E-state index in [1.165, 1.54) is 11.8 Å². The lowest BCUT2D eigenvalue weighted by Gasteiger charge is -2.11. The van der Waals surface area contributed by atoms with E-state index in [4.69, 9.17) is 0 Å². The minimum atomic E-state index is -0.122. The molecule has 0 bridgehead atoms. The zero-order valence-corrected chi connectivity index (χ0v) is 17.5. The Kier molecular flexibility index (Phi) is 6.87. The van der Waals surface area contributed by atoms with Crippen molar-refractivity contribution in [3.05, 3.63) is 64.7 Å². The summed E-state index contributed by atoms with van der Waals surface area (Å²) >= 11 is 1.26. The van der Waals surface area contributed by atoms with Crippen LogP contribution in [0.25, 0.3) is 10.9 Å². The highest BCUT2D eigenvalue weighted by Gasteiger charge is 2.12. The number of hydrogen-bond donors (Lipinski definition) is 1. The molecule has 1 aromatic carbocycles. The number of aryl methyl sites for hydroxylation is 3. The minimum absolute atomic E-state index is 0.0871. The Balaban J connectivity index is 1.57. The quantitative estimate of drug-likeness (QED) is 0.253. The number of nitrogens with zero attached hydrogens (tertiary/aromatic N) is 4. The van der Waals surface area contributed by atoms with Gasteiger partial charge in [-0.2, -0.15) is 5.10 Å². The summed E-state index contributed by atoms with van der Waals surface area (Å²) in [4.78, 5) is 29.5. The first-order valence-corrected chi connectivity index (χ1v) is 10.5. The Morgan fingerprint density at radius 2 is 2.10 bits per heavy atom. The smallest absolute Gasteiger partial charge is 0.262 e. The van der Waals surface area contributed by atoms with Gasteiger partial charge < -0.3 is 5.32 Å². The molecule has 0 aliphatic carbocycles. The van der Waals surface area contributed by atoms with Crippen molar-refractivity contribution in [2.24, 2.45) is 0 Å². The summed E-state index contributed by atoms with van der Waals surface area (Å²) in [6.07, 6.45) is 2.45. The number of thioether (sulfide) groups is 1. The zero-order chi connectivity index (χ0) is 20.8. The van der Waals surface area contributed by atoms with E-state index in [2.05, 4.69) is 22.0 Å². The van der Waals surface area contributed by atoms with Gasteiger partial charge in [0.1, 0.15) is 0 Å². The molecule has 1 N–H and O–H groups in total. The standard InChI is InChI=1S/C21H25N5O2S/c1-4-11-25-20(28)17-8-5-6-9-18(17)23-21(25)29-14-19(27)22-10-7-12-26-16(3)13-15(2)24-26/h4-6,8-9,13H,1,7,10-12,14H2,2-3H3,(H,22,27). The number of para-hydroxylation sites is 1. The van der Waals surface area contributed by atoms with Crippen molar-refractivity contribution in [2.45, 2.75) is 38.5 Å². The number of rotatable bonds is 9. The van der Waals surface area contributed by atoms with Crippen LogP contribution >= 0.6 is 11.8 Å². The molecule has 0 saturated heterocycles. The number of nitrogens with one attached hydrogen (secondary N) is 1. The number of carbonyl (C=O) groups is 1. The fourth-order valence-electron chi connectivity index (χ4n) is 3.09. The van der Waals surface area contributed by atoms with Crippen molar-refractivity contribution in [3.8, 4) is 0 Å². The maximum absolute atomic E-state index is 12.7. The lowest BCUT2D eigenvalue weighted by Crippen LogP contribution is -2.28. The average Bonchev–Trinajstić information content (AvgIpc) is 3.03. The number of carbonyl (C=O) groups excluding carboxylic acids is 1. The molecule has 29 heavy (non-hydrogen) atoms. The largest absolute Gasteiger partial charge is 0.355 e. The van der Waals surface area contributed by atoms with Crippen LogP contribution in [0.15, 0.2) is 52.9 Å². The van der Waals surface area contributed by atoms with Gasteiger partial charge in [-0.25, -0.2) is 4.98 Å². The number of amides is 1. The van der Waals surface area contributed by atoms with E-state index >= 15 is 0 Å². The fourth-order valence-corrected chi connectivity index (χ4v) is 3.93. The number of benzene rings is 1. The van der Waals surface area contributed by atoms with Gasteiger partial charge in [-0.3, -0.25) is 18.8 Å². The van der Waals surface area contributed by atoms with Crippen LogP contribution in [0.3, 0.4) is 0 Å². The summed E-state index contributed by atoms with van der Waals surface area (Å²) in [5.41, 5.74) is 2.62. The monoisotopic (exact) mass is 411 g/mol. The Hall–Kier alpha value is -2.87.